The first-order valence-corrected chi connectivity index (χ1v) is 6.64. The molecule has 2 rings (SSSR count). The van der Waals surface area contributed by atoms with Gasteiger partial charge in [0.15, 0.2) is 0 Å². The maximum atomic E-state index is 4.50. The summed E-state index contributed by atoms with van der Waals surface area (Å²) in [4.78, 5) is 7.19. The lowest BCUT2D eigenvalue weighted by Crippen LogP contribution is -1.82. The molecule has 0 spiro atoms. The highest BCUT2D eigenvalue weighted by atomic mass is 32.1. The van der Waals surface area contributed by atoms with Crippen LogP contribution in [0.15, 0.2) is 30.3 Å². The summed E-state index contributed by atoms with van der Waals surface area (Å²) in [5.41, 5.74) is 2.17. The summed E-state index contributed by atoms with van der Waals surface area (Å²) < 4.78 is 0. The van der Waals surface area contributed by atoms with Crippen molar-refractivity contribution in [3.05, 3.63) is 40.9 Å². The number of aromatic nitrogens is 1. The predicted molar refractivity (Wildman–Crippen MR) is 73.0 cm³/mol. The zero-order valence-electron chi connectivity index (χ0n) is 10.4. The minimum atomic E-state index is 1.08. The van der Waals surface area contributed by atoms with E-state index in [2.05, 4.69) is 36.2 Å². The second-order valence-electron chi connectivity index (χ2n) is 3.28. The second-order valence-corrected chi connectivity index (χ2v) is 4.45. The third-order valence-electron chi connectivity index (χ3n) is 2.15. The van der Waals surface area contributed by atoms with Crippen LogP contribution in [0.1, 0.15) is 31.3 Å². The van der Waals surface area contributed by atoms with Gasteiger partial charge in [0.05, 0.1) is 10.6 Å². The molecule has 2 heteroatoms. The second kappa shape index (κ2) is 6.44. The van der Waals surface area contributed by atoms with E-state index in [4.69, 9.17) is 0 Å². The normalized spacial score (nSPS) is 9.50. The molecule has 0 atom stereocenters. The lowest BCUT2D eigenvalue weighted by atomic mass is 10.2. The van der Waals surface area contributed by atoms with E-state index in [0.29, 0.717) is 0 Å². The van der Waals surface area contributed by atoms with Crippen molar-refractivity contribution in [3.8, 4) is 10.6 Å². The summed E-state index contributed by atoms with van der Waals surface area (Å²) in [5.74, 6) is 0. The molecule has 2 heterocycles. The SMILES string of the molecule is CC.CCc1ccc(-c2cccc(C)n2)s1. The summed E-state index contributed by atoms with van der Waals surface area (Å²) in [7, 11) is 0. The Morgan fingerprint density at radius 1 is 1.12 bits per heavy atom. The zero-order valence-corrected chi connectivity index (χ0v) is 11.3. The van der Waals surface area contributed by atoms with Gasteiger partial charge in [-0.05, 0) is 37.6 Å². The molecule has 0 bridgehead atoms. The van der Waals surface area contributed by atoms with Gasteiger partial charge in [0.25, 0.3) is 0 Å². The minimum absolute atomic E-state index is 1.08. The van der Waals surface area contributed by atoms with Gasteiger partial charge in [0.2, 0.25) is 0 Å². The summed E-state index contributed by atoms with van der Waals surface area (Å²) in [5, 5.41) is 0. The van der Waals surface area contributed by atoms with Crippen LogP contribution < -0.4 is 0 Å². The fourth-order valence-corrected chi connectivity index (χ4v) is 2.30. The highest BCUT2D eigenvalue weighted by Crippen LogP contribution is 2.26. The molecule has 0 saturated carbocycles. The smallest absolute Gasteiger partial charge is 0.0804 e. The first-order chi connectivity index (χ1) is 7.79. The Bertz CT molecular complexity index is 432. The van der Waals surface area contributed by atoms with Crippen LogP contribution in [-0.4, -0.2) is 4.98 Å². The van der Waals surface area contributed by atoms with E-state index in [1.807, 2.05) is 38.2 Å². The molecule has 0 N–H and O–H groups in total. The molecule has 0 fully saturated rings. The Balaban J connectivity index is 0.000000606. The minimum Gasteiger partial charge on any atom is -0.252 e. The van der Waals surface area contributed by atoms with Crippen molar-refractivity contribution in [1.82, 2.24) is 4.98 Å². The van der Waals surface area contributed by atoms with Crippen molar-refractivity contribution >= 4 is 11.3 Å². The van der Waals surface area contributed by atoms with Gasteiger partial charge in [-0.15, -0.1) is 11.3 Å². The molecule has 0 aliphatic carbocycles. The van der Waals surface area contributed by atoms with E-state index in [9.17, 15) is 0 Å². The molecule has 2 aromatic rings. The van der Waals surface area contributed by atoms with E-state index in [-0.39, 0.29) is 0 Å². The summed E-state index contributed by atoms with van der Waals surface area (Å²) in [6.45, 7) is 8.21. The molecule has 0 aliphatic rings. The standard InChI is InChI=1S/C12H13NS.C2H6/c1-3-10-7-8-12(14-10)11-6-4-5-9(2)13-11;1-2/h4-8H,3H2,1-2H3;1-2H3. The summed E-state index contributed by atoms with van der Waals surface area (Å²) in [6, 6.07) is 10.5. The molecule has 16 heavy (non-hydrogen) atoms. The van der Waals surface area contributed by atoms with Gasteiger partial charge in [-0.25, -0.2) is 0 Å². The van der Waals surface area contributed by atoms with E-state index < -0.39 is 0 Å². The molecule has 0 saturated heterocycles. The van der Waals surface area contributed by atoms with Gasteiger partial charge in [-0.3, -0.25) is 4.98 Å². The van der Waals surface area contributed by atoms with E-state index in [0.717, 1.165) is 17.8 Å². The van der Waals surface area contributed by atoms with Crippen molar-refractivity contribution < 1.29 is 0 Å². The molecule has 0 aromatic carbocycles. The monoisotopic (exact) mass is 233 g/mol. The zero-order chi connectivity index (χ0) is 12.0. The van der Waals surface area contributed by atoms with E-state index in [1.165, 1.54) is 9.75 Å². The number of rotatable bonds is 2. The van der Waals surface area contributed by atoms with Crippen LogP contribution >= 0.6 is 11.3 Å². The number of pyridine rings is 1. The van der Waals surface area contributed by atoms with Gasteiger partial charge < -0.3 is 0 Å². The fourth-order valence-electron chi connectivity index (χ4n) is 1.39. The van der Waals surface area contributed by atoms with Crippen LogP contribution in [-0.2, 0) is 6.42 Å². The summed E-state index contributed by atoms with van der Waals surface area (Å²) >= 11 is 1.83. The molecule has 0 amide bonds. The Labute approximate surface area is 102 Å². The van der Waals surface area contributed by atoms with Crippen molar-refractivity contribution in [3.63, 3.8) is 0 Å². The highest BCUT2D eigenvalue weighted by molar-refractivity contribution is 7.15. The maximum Gasteiger partial charge on any atom is 0.0804 e. The van der Waals surface area contributed by atoms with Gasteiger partial charge in [-0.2, -0.15) is 0 Å². The van der Waals surface area contributed by atoms with Gasteiger partial charge in [0.1, 0.15) is 0 Å². The highest BCUT2D eigenvalue weighted by Gasteiger charge is 2.02. The quantitative estimate of drug-likeness (QED) is 0.732. The van der Waals surface area contributed by atoms with Gasteiger partial charge in [-0.1, -0.05) is 26.8 Å². The molecule has 0 aliphatic heterocycles. The van der Waals surface area contributed by atoms with Crippen LogP contribution in [0.5, 0.6) is 0 Å². The van der Waals surface area contributed by atoms with E-state index >= 15 is 0 Å². The Kier molecular flexibility index (Phi) is 5.20. The maximum absolute atomic E-state index is 4.50. The molecular weight excluding hydrogens is 214 g/mol. The van der Waals surface area contributed by atoms with Crippen molar-refractivity contribution in [2.75, 3.05) is 0 Å². The fraction of sp³-hybridized carbons (Fsp3) is 0.357. The summed E-state index contributed by atoms with van der Waals surface area (Å²) in [6.07, 6.45) is 1.11. The molecule has 2 aromatic heterocycles. The number of hydrogen-bond acceptors (Lipinski definition) is 2. The molecule has 0 radical (unpaired) electrons. The van der Waals surface area contributed by atoms with Crippen LogP contribution in [0.4, 0.5) is 0 Å². The molecule has 0 unspecified atom stereocenters. The van der Waals surface area contributed by atoms with Crippen LogP contribution in [0.25, 0.3) is 10.6 Å². The number of aryl methyl sites for hydroxylation is 2. The number of thiophene rings is 1. The Morgan fingerprint density at radius 2 is 1.88 bits per heavy atom. The number of nitrogens with zero attached hydrogens (tertiary/aromatic N) is 1. The van der Waals surface area contributed by atoms with E-state index in [1.54, 1.807) is 0 Å². The first-order valence-electron chi connectivity index (χ1n) is 5.82. The molecular formula is C14H19NS. The lowest BCUT2D eigenvalue weighted by Gasteiger charge is -1.97. The Hall–Kier alpha value is -1.15. The van der Waals surface area contributed by atoms with Gasteiger partial charge >= 0.3 is 0 Å². The van der Waals surface area contributed by atoms with Crippen LogP contribution in [0, 0.1) is 6.92 Å². The van der Waals surface area contributed by atoms with Crippen molar-refractivity contribution in [2.45, 2.75) is 34.1 Å². The van der Waals surface area contributed by atoms with Gasteiger partial charge in [0, 0.05) is 10.6 Å². The van der Waals surface area contributed by atoms with Crippen LogP contribution in [0.3, 0.4) is 0 Å². The number of hydrogen-bond donors (Lipinski definition) is 0. The first kappa shape index (κ1) is 12.9. The average molecular weight is 233 g/mol. The van der Waals surface area contributed by atoms with Crippen molar-refractivity contribution in [2.24, 2.45) is 0 Å². The van der Waals surface area contributed by atoms with Crippen LogP contribution in [0.2, 0.25) is 0 Å². The van der Waals surface area contributed by atoms with Crippen molar-refractivity contribution in [1.29, 1.82) is 0 Å². The third-order valence-corrected chi connectivity index (χ3v) is 3.40. The molecule has 1 nitrogen and oxygen atoms in total. The molecule has 86 valence electrons. The largest absolute Gasteiger partial charge is 0.252 e. The lowest BCUT2D eigenvalue weighted by molar-refractivity contribution is 1.19. The average Bonchev–Trinajstić information content (AvgIpc) is 2.80. The Morgan fingerprint density at radius 3 is 2.44 bits per heavy atom. The predicted octanol–water partition coefficient (Wildman–Crippen LogP) is 4.71. The third kappa shape index (κ3) is 3.17. The topological polar surface area (TPSA) is 12.9 Å².